The van der Waals surface area contributed by atoms with Crippen LogP contribution in [0.5, 0.6) is 5.75 Å². The van der Waals surface area contributed by atoms with E-state index in [9.17, 15) is 8.42 Å². The lowest BCUT2D eigenvalue weighted by atomic mass is 10.2. The van der Waals surface area contributed by atoms with Crippen LogP contribution in [0.4, 0.5) is 0 Å². The van der Waals surface area contributed by atoms with E-state index >= 15 is 0 Å². The van der Waals surface area contributed by atoms with Gasteiger partial charge in [0, 0.05) is 11.6 Å². The van der Waals surface area contributed by atoms with Gasteiger partial charge < -0.3 is 4.74 Å². The Bertz CT molecular complexity index is 459. The summed E-state index contributed by atoms with van der Waals surface area (Å²) >= 11 is 5.79. The summed E-state index contributed by atoms with van der Waals surface area (Å²) in [6.07, 6.45) is 1.11. The number of hydrogen-bond acceptors (Lipinski definition) is 3. The minimum Gasteiger partial charge on any atom is -0.492 e. The van der Waals surface area contributed by atoms with Crippen LogP contribution < -0.4 is 9.46 Å². The van der Waals surface area contributed by atoms with Crippen molar-refractivity contribution >= 4 is 21.6 Å². The second-order valence-electron chi connectivity index (χ2n) is 3.42. The van der Waals surface area contributed by atoms with Crippen LogP contribution in [0.1, 0.15) is 5.56 Å². The van der Waals surface area contributed by atoms with E-state index in [1.807, 2.05) is 6.92 Å². The first-order chi connectivity index (χ1) is 7.38. The number of rotatable bonds is 5. The van der Waals surface area contributed by atoms with Crippen LogP contribution >= 0.6 is 11.6 Å². The van der Waals surface area contributed by atoms with E-state index in [0.717, 1.165) is 11.8 Å². The summed E-state index contributed by atoms with van der Waals surface area (Å²) in [6, 6.07) is 5.28. The maximum Gasteiger partial charge on any atom is 0.208 e. The van der Waals surface area contributed by atoms with Gasteiger partial charge in [-0.15, -0.1) is 0 Å². The number of ether oxygens (including phenoxy) is 1. The van der Waals surface area contributed by atoms with Gasteiger partial charge >= 0.3 is 0 Å². The molecule has 0 saturated heterocycles. The molecule has 1 aromatic rings. The number of aryl methyl sites for hydroxylation is 1. The molecule has 0 unspecified atom stereocenters. The van der Waals surface area contributed by atoms with Crippen LogP contribution in [-0.2, 0) is 10.0 Å². The fraction of sp³-hybridized carbons (Fsp3) is 0.400. The molecular weight excluding hydrogens is 250 g/mol. The van der Waals surface area contributed by atoms with Crippen molar-refractivity contribution in [1.82, 2.24) is 4.72 Å². The molecule has 0 aromatic heterocycles. The number of sulfonamides is 1. The van der Waals surface area contributed by atoms with Crippen molar-refractivity contribution in [3.63, 3.8) is 0 Å². The van der Waals surface area contributed by atoms with E-state index in [0.29, 0.717) is 10.8 Å². The lowest BCUT2D eigenvalue weighted by Gasteiger charge is -2.09. The quantitative estimate of drug-likeness (QED) is 0.821. The van der Waals surface area contributed by atoms with Crippen LogP contribution in [-0.4, -0.2) is 27.8 Å². The van der Waals surface area contributed by atoms with Crippen molar-refractivity contribution in [2.45, 2.75) is 6.92 Å². The van der Waals surface area contributed by atoms with E-state index in [1.54, 1.807) is 18.2 Å². The zero-order valence-corrected chi connectivity index (χ0v) is 10.7. The van der Waals surface area contributed by atoms with Crippen LogP contribution in [0, 0.1) is 6.92 Å². The number of hydrogen-bond donors (Lipinski definition) is 1. The fourth-order valence-corrected chi connectivity index (χ4v) is 1.84. The molecule has 1 rings (SSSR count). The van der Waals surface area contributed by atoms with Gasteiger partial charge in [0.1, 0.15) is 12.4 Å². The highest BCUT2D eigenvalue weighted by Gasteiger charge is 2.02. The van der Waals surface area contributed by atoms with Gasteiger partial charge in [-0.1, -0.05) is 11.6 Å². The monoisotopic (exact) mass is 263 g/mol. The van der Waals surface area contributed by atoms with Crippen molar-refractivity contribution in [2.24, 2.45) is 0 Å². The molecule has 0 spiro atoms. The topological polar surface area (TPSA) is 55.4 Å². The molecule has 0 saturated carbocycles. The van der Waals surface area contributed by atoms with Gasteiger partial charge in [0.05, 0.1) is 6.26 Å². The van der Waals surface area contributed by atoms with Crippen molar-refractivity contribution in [3.05, 3.63) is 28.8 Å². The molecule has 0 bridgehead atoms. The summed E-state index contributed by atoms with van der Waals surface area (Å²) in [5.41, 5.74) is 0.923. The van der Waals surface area contributed by atoms with E-state index in [1.165, 1.54) is 0 Å². The van der Waals surface area contributed by atoms with Gasteiger partial charge in [-0.25, -0.2) is 13.1 Å². The minimum atomic E-state index is -3.15. The summed E-state index contributed by atoms with van der Waals surface area (Å²) in [6.45, 7) is 2.42. The molecule has 6 heteroatoms. The molecule has 0 aliphatic rings. The second kappa shape index (κ2) is 5.52. The zero-order valence-electron chi connectivity index (χ0n) is 9.16. The second-order valence-corrected chi connectivity index (χ2v) is 5.69. The Balaban J connectivity index is 2.43. The predicted octanol–water partition coefficient (Wildman–Crippen LogP) is 1.58. The summed E-state index contributed by atoms with van der Waals surface area (Å²) in [7, 11) is -3.15. The minimum absolute atomic E-state index is 0.251. The molecule has 1 N–H and O–H groups in total. The first-order valence-corrected chi connectivity index (χ1v) is 6.99. The zero-order chi connectivity index (χ0) is 12.2. The van der Waals surface area contributed by atoms with E-state index < -0.39 is 10.0 Å². The molecule has 0 aliphatic heterocycles. The Labute approximate surface area is 101 Å². The largest absolute Gasteiger partial charge is 0.492 e. The van der Waals surface area contributed by atoms with E-state index in [-0.39, 0.29) is 13.2 Å². The van der Waals surface area contributed by atoms with Gasteiger partial charge in [0.15, 0.2) is 0 Å². The van der Waals surface area contributed by atoms with Crippen molar-refractivity contribution in [1.29, 1.82) is 0 Å². The van der Waals surface area contributed by atoms with Crippen molar-refractivity contribution in [2.75, 3.05) is 19.4 Å². The highest BCUT2D eigenvalue weighted by Crippen LogP contribution is 2.21. The molecule has 0 fully saturated rings. The van der Waals surface area contributed by atoms with Crippen LogP contribution in [0.15, 0.2) is 18.2 Å². The van der Waals surface area contributed by atoms with Crippen LogP contribution in [0.25, 0.3) is 0 Å². The Morgan fingerprint density at radius 1 is 1.44 bits per heavy atom. The van der Waals surface area contributed by atoms with Gasteiger partial charge in [-0.2, -0.15) is 0 Å². The highest BCUT2D eigenvalue weighted by molar-refractivity contribution is 7.88. The van der Waals surface area contributed by atoms with Gasteiger partial charge in [0.25, 0.3) is 0 Å². The first-order valence-electron chi connectivity index (χ1n) is 4.72. The van der Waals surface area contributed by atoms with E-state index in [4.69, 9.17) is 16.3 Å². The Morgan fingerprint density at radius 2 is 2.12 bits per heavy atom. The Morgan fingerprint density at radius 3 is 2.69 bits per heavy atom. The average Bonchev–Trinajstić information content (AvgIpc) is 2.13. The third-order valence-corrected chi connectivity index (χ3v) is 2.82. The molecular formula is C10H14ClNO3S. The number of benzene rings is 1. The normalized spacial score (nSPS) is 11.4. The number of nitrogens with one attached hydrogen (secondary N) is 1. The molecule has 16 heavy (non-hydrogen) atoms. The average molecular weight is 264 g/mol. The Hall–Kier alpha value is -0.780. The molecule has 0 aliphatic carbocycles. The van der Waals surface area contributed by atoms with Gasteiger partial charge in [-0.3, -0.25) is 0 Å². The molecule has 0 heterocycles. The fourth-order valence-electron chi connectivity index (χ4n) is 1.16. The van der Waals surface area contributed by atoms with Crippen molar-refractivity contribution < 1.29 is 13.2 Å². The summed E-state index contributed by atoms with van der Waals surface area (Å²) in [4.78, 5) is 0. The SMILES string of the molecule is Cc1cc(Cl)ccc1OCCNS(C)(=O)=O. The lowest BCUT2D eigenvalue weighted by Crippen LogP contribution is -2.26. The molecule has 1 aromatic carbocycles. The standard InChI is InChI=1S/C10H14ClNO3S/c1-8-7-9(11)3-4-10(8)15-6-5-12-16(2,13)14/h3-4,7,12H,5-6H2,1-2H3. The van der Waals surface area contributed by atoms with Gasteiger partial charge in [-0.05, 0) is 30.7 Å². The lowest BCUT2D eigenvalue weighted by molar-refractivity contribution is 0.321. The van der Waals surface area contributed by atoms with Crippen LogP contribution in [0.2, 0.25) is 5.02 Å². The molecule has 0 radical (unpaired) electrons. The third-order valence-electron chi connectivity index (χ3n) is 1.86. The Kier molecular flexibility index (Phi) is 4.58. The first kappa shape index (κ1) is 13.3. The maximum absolute atomic E-state index is 10.8. The number of halogens is 1. The summed E-state index contributed by atoms with van der Waals surface area (Å²) in [5, 5.41) is 0.652. The smallest absolute Gasteiger partial charge is 0.208 e. The molecule has 90 valence electrons. The van der Waals surface area contributed by atoms with Gasteiger partial charge in [0.2, 0.25) is 10.0 Å². The van der Waals surface area contributed by atoms with Crippen LogP contribution in [0.3, 0.4) is 0 Å². The molecule has 0 atom stereocenters. The maximum atomic E-state index is 10.8. The highest BCUT2D eigenvalue weighted by atomic mass is 35.5. The summed E-state index contributed by atoms with van der Waals surface area (Å²) < 4.78 is 29.3. The third kappa shape index (κ3) is 4.83. The molecule has 4 nitrogen and oxygen atoms in total. The molecule has 0 amide bonds. The predicted molar refractivity (Wildman–Crippen MR) is 64.5 cm³/mol. The summed E-state index contributed by atoms with van der Waals surface area (Å²) in [5.74, 6) is 0.708. The van der Waals surface area contributed by atoms with Crippen molar-refractivity contribution in [3.8, 4) is 5.75 Å². The van der Waals surface area contributed by atoms with E-state index in [2.05, 4.69) is 4.72 Å².